The van der Waals surface area contributed by atoms with Gasteiger partial charge in [0.25, 0.3) is 17.7 Å². The van der Waals surface area contributed by atoms with Crippen LogP contribution in [0.25, 0.3) is 6.08 Å². The van der Waals surface area contributed by atoms with Gasteiger partial charge in [-0.15, -0.1) is 0 Å². The van der Waals surface area contributed by atoms with Crippen LogP contribution in [0.1, 0.15) is 23.6 Å². The van der Waals surface area contributed by atoms with Crippen LogP contribution in [-0.2, 0) is 14.4 Å². The second kappa shape index (κ2) is 12.2. The van der Waals surface area contributed by atoms with Gasteiger partial charge < -0.3 is 14.8 Å². The quantitative estimate of drug-likeness (QED) is 0.261. The number of ether oxygens (including phenoxy) is 2. The minimum Gasteiger partial charge on any atom is -0.490 e. The molecule has 9 nitrogen and oxygen atoms in total. The van der Waals surface area contributed by atoms with Crippen molar-refractivity contribution >= 4 is 64.4 Å². The molecule has 4 rings (SSSR count). The van der Waals surface area contributed by atoms with Gasteiger partial charge >= 0.3 is 6.03 Å². The van der Waals surface area contributed by atoms with E-state index in [0.717, 1.165) is 16.0 Å². The molecule has 0 unspecified atom stereocenters. The Morgan fingerprint density at radius 3 is 2.40 bits per heavy atom. The molecule has 206 valence electrons. The number of urea groups is 1. The van der Waals surface area contributed by atoms with E-state index in [0.29, 0.717) is 16.3 Å². The Morgan fingerprint density at radius 1 is 1.00 bits per heavy atom. The fraction of sp³-hybridized carbons (Fsp3) is 0.172. The van der Waals surface area contributed by atoms with Gasteiger partial charge in [-0.25, -0.2) is 9.69 Å². The van der Waals surface area contributed by atoms with E-state index in [1.807, 2.05) is 32.0 Å². The average Bonchev–Trinajstić information content (AvgIpc) is 2.89. The second-order valence-electron chi connectivity index (χ2n) is 8.85. The van der Waals surface area contributed by atoms with E-state index < -0.39 is 23.8 Å². The van der Waals surface area contributed by atoms with Crippen LogP contribution >= 0.6 is 23.2 Å². The number of carbonyl (C=O) groups excluding carboxylic acids is 4. The van der Waals surface area contributed by atoms with Gasteiger partial charge in [-0.1, -0.05) is 40.9 Å². The summed E-state index contributed by atoms with van der Waals surface area (Å²) in [7, 11) is 0. The monoisotopic (exact) mass is 581 g/mol. The molecule has 3 aromatic carbocycles. The maximum atomic E-state index is 13.2. The van der Waals surface area contributed by atoms with Gasteiger partial charge in [0.2, 0.25) is 0 Å². The first-order valence-electron chi connectivity index (χ1n) is 12.2. The van der Waals surface area contributed by atoms with Crippen molar-refractivity contribution in [3.05, 3.63) is 86.9 Å². The first-order chi connectivity index (χ1) is 19.1. The third-order valence-corrected chi connectivity index (χ3v) is 6.37. The van der Waals surface area contributed by atoms with Crippen LogP contribution in [0.5, 0.6) is 11.5 Å². The third-order valence-electron chi connectivity index (χ3n) is 5.83. The van der Waals surface area contributed by atoms with Gasteiger partial charge in [-0.05, 0) is 80.4 Å². The normalized spacial score (nSPS) is 14.3. The van der Waals surface area contributed by atoms with Gasteiger partial charge in [0.1, 0.15) is 5.57 Å². The highest BCUT2D eigenvalue weighted by Gasteiger charge is 2.37. The average molecular weight is 582 g/mol. The molecule has 1 heterocycles. The molecule has 2 N–H and O–H groups in total. The van der Waals surface area contributed by atoms with Crippen molar-refractivity contribution in [3.63, 3.8) is 0 Å². The van der Waals surface area contributed by atoms with Crippen LogP contribution in [0.2, 0.25) is 10.0 Å². The molecule has 0 radical (unpaired) electrons. The number of halogens is 2. The Hall–Kier alpha value is -4.34. The van der Waals surface area contributed by atoms with Crippen molar-refractivity contribution in [2.75, 3.05) is 23.4 Å². The van der Waals surface area contributed by atoms with Crippen LogP contribution in [-0.4, -0.2) is 37.0 Å². The zero-order valence-corrected chi connectivity index (χ0v) is 23.4. The van der Waals surface area contributed by atoms with Crippen LogP contribution in [0, 0.1) is 13.8 Å². The number of anilines is 2. The molecule has 0 spiro atoms. The molecule has 1 aliphatic heterocycles. The number of carbonyl (C=O) groups is 4. The Balaban J connectivity index is 1.57. The van der Waals surface area contributed by atoms with E-state index in [1.54, 1.807) is 6.92 Å². The summed E-state index contributed by atoms with van der Waals surface area (Å²) < 4.78 is 11.4. The first-order valence-corrected chi connectivity index (χ1v) is 13.0. The molecule has 0 bridgehead atoms. The van der Waals surface area contributed by atoms with Crippen LogP contribution in [0.3, 0.4) is 0 Å². The number of imide groups is 2. The fourth-order valence-corrected chi connectivity index (χ4v) is 4.40. The van der Waals surface area contributed by atoms with Crippen LogP contribution in [0.15, 0.2) is 60.2 Å². The van der Waals surface area contributed by atoms with Crippen molar-refractivity contribution in [2.24, 2.45) is 0 Å². The standard InChI is InChI=1S/C29H25Cl2N3O6/c1-4-39-24-14-18(12-21-27(36)33-29(38)34(28(21)37)20-8-6-19(30)7-9-20)13-22(31)26(24)40-15-25(35)32-23-10-5-16(2)11-17(23)3/h5-14H,4,15H2,1-3H3,(H,32,35)(H,33,36,38)/b21-12-. The summed E-state index contributed by atoms with van der Waals surface area (Å²) in [6.45, 7) is 5.52. The smallest absolute Gasteiger partial charge is 0.335 e. The van der Waals surface area contributed by atoms with E-state index in [1.165, 1.54) is 42.5 Å². The number of nitrogens with one attached hydrogen (secondary N) is 2. The molecule has 1 fully saturated rings. The lowest BCUT2D eigenvalue weighted by Crippen LogP contribution is -2.54. The number of hydrogen-bond acceptors (Lipinski definition) is 6. The number of barbiturate groups is 1. The van der Waals surface area contributed by atoms with E-state index >= 15 is 0 Å². The maximum Gasteiger partial charge on any atom is 0.335 e. The Labute approximate surface area is 240 Å². The number of rotatable bonds is 8. The first kappa shape index (κ1) is 28.7. The molecular weight excluding hydrogens is 557 g/mol. The van der Waals surface area contributed by atoms with Crippen molar-refractivity contribution in [1.29, 1.82) is 0 Å². The lowest BCUT2D eigenvalue weighted by molar-refractivity contribution is -0.122. The zero-order valence-electron chi connectivity index (χ0n) is 21.8. The summed E-state index contributed by atoms with van der Waals surface area (Å²) in [5, 5.41) is 5.47. The third kappa shape index (κ3) is 6.44. The Kier molecular flexibility index (Phi) is 8.77. The lowest BCUT2D eigenvalue weighted by atomic mass is 10.1. The predicted molar refractivity (Wildman–Crippen MR) is 153 cm³/mol. The van der Waals surface area contributed by atoms with Crippen molar-refractivity contribution in [2.45, 2.75) is 20.8 Å². The molecule has 3 aromatic rings. The zero-order chi connectivity index (χ0) is 29.0. The van der Waals surface area contributed by atoms with Crippen molar-refractivity contribution in [1.82, 2.24) is 5.32 Å². The predicted octanol–water partition coefficient (Wildman–Crippen LogP) is 5.69. The van der Waals surface area contributed by atoms with Crippen LogP contribution < -0.4 is 25.0 Å². The summed E-state index contributed by atoms with van der Waals surface area (Å²) in [6, 6.07) is 13.8. The molecule has 0 saturated carbocycles. The van der Waals surface area contributed by atoms with Gasteiger partial charge in [0.05, 0.1) is 17.3 Å². The highest BCUT2D eigenvalue weighted by atomic mass is 35.5. The molecule has 1 aliphatic rings. The van der Waals surface area contributed by atoms with Crippen molar-refractivity contribution in [3.8, 4) is 11.5 Å². The minimum absolute atomic E-state index is 0.0893. The summed E-state index contributed by atoms with van der Waals surface area (Å²) in [5.41, 5.74) is 2.93. The number of benzene rings is 3. The van der Waals surface area contributed by atoms with Gasteiger partial charge in [0, 0.05) is 10.7 Å². The van der Waals surface area contributed by atoms with Gasteiger partial charge in [-0.3, -0.25) is 19.7 Å². The van der Waals surface area contributed by atoms with E-state index in [9.17, 15) is 19.2 Å². The highest BCUT2D eigenvalue weighted by Crippen LogP contribution is 2.37. The second-order valence-corrected chi connectivity index (χ2v) is 9.70. The number of nitrogens with zero attached hydrogens (tertiary/aromatic N) is 1. The minimum atomic E-state index is -0.884. The molecular formula is C29H25Cl2N3O6. The number of hydrogen-bond donors (Lipinski definition) is 2. The van der Waals surface area contributed by atoms with E-state index in [4.69, 9.17) is 32.7 Å². The topological polar surface area (TPSA) is 114 Å². The molecule has 11 heteroatoms. The lowest BCUT2D eigenvalue weighted by Gasteiger charge is -2.26. The Bertz CT molecular complexity index is 1540. The van der Waals surface area contributed by atoms with E-state index in [2.05, 4.69) is 10.6 Å². The summed E-state index contributed by atoms with van der Waals surface area (Å²) in [5.74, 6) is -1.76. The number of amides is 5. The summed E-state index contributed by atoms with van der Waals surface area (Å²) in [6.07, 6.45) is 1.29. The maximum absolute atomic E-state index is 13.2. The highest BCUT2D eigenvalue weighted by molar-refractivity contribution is 6.39. The fourth-order valence-electron chi connectivity index (χ4n) is 4.00. The molecule has 0 atom stereocenters. The van der Waals surface area contributed by atoms with Gasteiger partial charge in [-0.2, -0.15) is 0 Å². The SMILES string of the molecule is CCOc1cc(/C=C2/C(=O)NC(=O)N(c3ccc(Cl)cc3)C2=O)cc(Cl)c1OCC(=O)Nc1ccc(C)cc1C. The van der Waals surface area contributed by atoms with Gasteiger partial charge in [0.15, 0.2) is 18.1 Å². The molecule has 40 heavy (non-hydrogen) atoms. The molecule has 0 aromatic heterocycles. The summed E-state index contributed by atoms with van der Waals surface area (Å²) in [4.78, 5) is 51.6. The summed E-state index contributed by atoms with van der Waals surface area (Å²) >= 11 is 12.4. The van der Waals surface area contributed by atoms with Crippen LogP contribution in [0.4, 0.5) is 16.2 Å². The number of aryl methyl sites for hydroxylation is 2. The molecule has 5 amide bonds. The largest absolute Gasteiger partial charge is 0.490 e. The Morgan fingerprint density at radius 2 is 1.73 bits per heavy atom. The molecule has 0 aliphatic carbocycles. The van der Waals surface area contributed by atoms with E-state index in [-0.39, 0.29) is 41.0 Å². The van der Waals surface area contributed by atoms with Crippen molar-refractivity contribution < 1.29 is 28.7 Å². The molecule has 1 saturated heterocycles.